The number of piperidine rings is 1. The second kappa shape index (κ2) is 10.6. The molecule has 3 aliphatic rings. The molecule has 3 saturated heterocycles. The third-order valence-electron chi connectivity index (χ3n) is 6.92. The fourth-order valence-electron chi connectivity index (χ4n) is 5.15. The lowest BCUT2D eigenvalue weighted by molar-refractivity contribution is -0.0164. The van der Waals surface area contributed by atoms with Crippen molar-refractivity contribution in [3.8, 4) is 0 Å². The zero-order chi connectivity index (χ0) is 19.0. The van der Waals surface area contributed by atoms with Crippen LogP contribution in [0.4, 0.5) is 0 Å². The molecule has 1 unspecified atom stereocenters. The van der Waals surface area contributed by atoms with E-state index in [2.05, 4.69) is 32.3 Å². The lowest BCUT2D eigenvalue weighted by atomic mass is 9.88. The largest absolute Gasteiger partial charge is 0.381 e. The van der Waals surface area contributed by atoms with Crippen LogP contribution in [-0.2, 0) is 4.74 Å². The van der Waals surface area contributed by atoms with Crippen LogP contribution in [0.15, 0.2) is 4.99 Å². The Kier molecular flexibility index (Phi) is 8.22. The van der Waals surface area contributed by atoms with Gasteiger partial charge in [0.1, 0.15) is 0 Å². The molecule has 0 aromatic carbocycles. The number of likely N-dealkylation sites (tertiary alicyclic amines) is 2. The van der Waals surface area contributed by atoms with Crippen LogP contribution in [0.1, 0.15) is 58.3 Å². The van der Waals surface area contributed by atoms with Crippen molar-refractivity contribution < 1.29 is 4.74 Å². The van der Waals surface area contributed by atoms with Crippen LogP contribution < -0.4 is 10.6 Å². The van der Waals surface area contributed by atoms with E-state index >= 15 is 0 Å². The van der Waals surface area contributed by atoms with E-state index in [0.29, 0.717) is 0 Å². The Morgan fingerprint density at radius 3 is 2.52 bits per heavy atom. The number of ether oxygens (including phenoxy) is 1. The first-order valence-corrected chi connectivity index (χ1v) is 11.3. The van der Waals surface area contributed by atoms with Gasteiger partial charge < -0.3 is 15.4 Å². The molecule has 0 aromatic heterocycles. The second-order valence-corrected chi connectivity index (χ2v) is 8.48. The number of rotatable bonds is 7. The zero-order valence-corrected chi connectivity index (χ0v) is 17.6. The van der Waals surface area contributed by atoms with Crippen LogP contribution in [0.2, 0.25) is 0 Å². The molecule has 1 atom stereocenters. The van der Waals surface area contributed by atoms with E-state index in [1.165, 1.54) is 58.2 Å². The first kappa shape index (κ1) is 20.9. The molecule has 0 radical (unpaired) electrons. The average Bonchev–Trinajstić information content (AvgIpc) is 3.27. The van der Waals surface area contributed by atoms with Gasteiger partial charge in [-0.25, -0.2) is 0 Å². The molecule has 3 fully saturated rings. The van der Waals surface area contributed by atoms with Gasteiger partial charge >= 0.3 is 0 Å². The highest BCUT2D eigenvalue weighted by Gasteiger charge is 2.39. The van der Waals surface area contributed by atoms with E-state index in [1.807, 2.05) is 7.05 Å². The summed E-state index contributed by atoms with van der Waals surface area (Å²) >= 11 is 0. The molecular weight excluding hydrogens is 338 g/mol. The van der Waals surface area contributed by atoms with Crippen LogP contribution in [0.25, 0.3) is 0 Å². The maximum atomic E-state index is 5.66. The average molecular weight is 380 g/mol. The van der Waals surface area contributed by atoms with Gasteiger partial charge in [0.2, 0.25) is 0 Å². The topological polar surface area (TPSA) is 52.1 Å². The standard InChI is InChI=1S/C21H41N5O/c1-3-19-8-4-5-12-25(19)15-11-23-20(22-2)24-18-21(9-16-27-17-10-21)26-13-6-7-14-26/h19H,3-18H2,1-2H3,(H2,22,23,24). The third kappa shape index (κ3) is 5.58. The minimum atomic E-state index is 0.243. The van der Waals surface area contributed by atoms with E-state index in [9.17, 15) is 0 Å². The predicted octanol–water partition coefficient (Wildman–Crippen LogP) is 2.06. The van der Waals surface area contributed by atoms with Crippen LogP contribution >= 0.6 is 0 Å². The molecule has 0 aromatic rings. The van der Waals surface area contributed by atoms with Crippen molar-refractivity contribution in [2.45, 2.75) is 69.9 Å². The van der Waals surface area contributed by atoms with Crippen molar-refractivity contribution in [1.82, 2.24) is 20.4 Å². The van der Waals surface area contributed by atoms with E-state index in [1.54, 1.807) is 0 Å². The summed E-state index contributed by atoms with van der Waals surface area (Å²) in [5, 5.41) is 7.20. The quantitative estimate of drug-likeness (QED) is 0.524. The highest BCUT2D eigenvalue weighted by molar-refractivity contribution is 5.79. The molecule has 0 saturated carbocycles. The Balaban J connectivity index is 1.46. The fourth-order valence-corrected chi connectivity index (χ4v) is 5.15. The van der Waals surface area contributed by atoms with Gasteiger partial charge in [0.15, 0.2) is 5.96 Å². The Labute approximate surface area is 166 Å². The Bertz CT molecular complexity index is 457. The van der Waals surface area contributed by atoms with Crippen LogP contribution in [0.5, 0.6) is 0 Å². The fraction of sp³-hybridized carbons (Fsp3) is 0.952. The van der Waals surface area contributed by atoms with Crippen LogP contribution in [0, 0.1) is 0 Å². The van der Waals surface area contributed by atoms with Gasteiger partial charge in [-0.15, -0.1) is 0 Å². The van der Waals surface area contributed by atoms with Gasteiger partial charge in [0, 0.05) is 51.5 Å². The molecule has 0 aliphatic carbocycles. The monoisotopic (exact) mass is 379 g/mol. The maximum Gasteiger partial charge on any atom is 0.191 e. The predicted molar refractivity (Wildman–Crippen MR) is 112 cm³/mol. The highest BCUT2D eigenvalue weighted by atomic mass is 16.5. The van der Waals surface area contributed by atoms with Gasteiger partial charge in [-0.3, -0.25) is 14.8 Å². The van der Waals surface area contributed by atoms with Crippen molar-refractivity contribution >= 4 is 5.96 Å². The van der Waals surface area contributed by atoms with Gasteiger partial charge in [-0.1, -0.05) is 13.3 Å². The summed E-state index contributed by atoms with van der Waals surface area (Å²) in [6.07, 6.45) is 10.3. The number of nitrogens with one attached hydrogen (secondary N) is 2. The number of hydrogen-bond acceptors (Lipinski definition) is 4. The molecule has 6 nitrogen and oxygen atoms in total. The summed E-state index contributed by atoms with van der Waals surface area (Å²) < 4.78 is 5.66. The van der Waals surface area contributed by atoms with E-state index in [4.69, 9.17) is 4.74 Å². The molecule has 0 spiro atoms. The molecule has 3 heterocycles. The van der Waals surface area contributed by atoms with Crippen molar-refractivity contribution in [2.75, 3.05) is 59.5 Å². The zero-order valence-electron chi connectivity index (χ0n) is 17.6. The minimum absolute atomic E-state index is 0.243. The van der Waals surface area contributed by atoms with Crippen LogP contribution in [-0.4, -0.2) is 86.9 Å². The molecule has 6 heteroatoms. The summed E-state index contributed by atoms with van der Waals surface area (Å²) in [4.78, 5) is 9.84. The molecule has 0 bridgehead atoms. The number of guanidine groups is 1. The van der Waals surface area contributed by atoms with Gasteiger partial charge in [-0.05, 0) is 64.6 Å². The smallest absolute Gasteiger partial charge is 0.191 e. The SMILES string of the molecule is CCC1CCCCN1CCNC(=NC)NCC1(N2CCCC2)CCOCC1. The molecule has 156 valence electrons. The molecule has 2 N–H and O–H groups in total. The number of hydrogen-bond donors (Lipinski definition) is 2. The Morgan fingerprint density at radius 2 is 1.81 bits per heavy atom. The maximum absolute atomic E-state index is 5.66. The van der Waals surface area contributed by atoms with Gasteiger partial charge in [0.25, 0.3) is 0 Å². The Morgan fingerprint density at radius 1 is 1.07 bits per heavy atom. The molecule has 3 aliphatic heterocycles. The summed E-state index contributed by atoms with van der Waals surface area (Å²) in [6.45, 7) is 10.9. The summed E-state index contributed by atoms with van der Waals surface area (Å²) in [7, 11) is 1.89. The third-order valence-corrected chi connectivity index (χ3v) is 6.92. The minimum Gasteiger partial charge on any atom is -0.381 e. The van der Waals surface area contributed by atoms with Crippen LogP contribution in [0.3, 0.4) is 0 Å². The normalized spacial score (nSPS) is 27.6. The second-order valence-electron chi connectivity index (χ2n) is 8.48. The number of aliphatic imine (C=N–C) groups is 1. The summed E-state index contributed by atoms with van der Waals surface area (Å²) in [5.74, 6) is 0.949. The molecule has 3 rings (SSSR count). The van der Waals surface area contributed by atoms with Gasteiger partial charge in [0.05, 0.1) is 0 Å². The first-order valence-electron chi connectivity index (χ1n) is 11.3. The highest BCUT2D eigenvalue weighted by Crippen LogP contribution is 2.30. The first-order chi connectivity index (χ1) is 13.3. The van der Waals surface area contributed by atoms with Crippen molar-refractivity contribution in [3.63, 3.8) is 0 Å². The molecule has 0 amide bonds. The van der Waals surface area contributed by atoms with Crippen molar-refractivity contribution in [2.24, 2.45) is 4.99 Å². The summed E-state index contributed by atoms with van der Waals surface area (Å²) in [5.41, 5.74) is 0.243. The van der Waals surface area contributed by atoms with E-state index in [-0.39, 0.29) is 5.54 Å². The van der Waals surface area contributed by atoms with Crippen molar-refractivity contribution in [3.05, 3.63) is 0 Å². The summed E-state index contributed by atoms with van der Waals surface area (Å²) in [6, 6.07) is 0.774. The number of nitrogens with zero attached hydrogens (tertiary/aromatic N) is 3. The van der Waals surface area contributed by atoms with Crippen molar-refractivity contribution in [1.29, 1.82) is 0 Å². The molecule has 27 heavy (non-hydrogen) atoms. The van der Waals surface area contributed by atoms with E-state index in [0.717, 1.165) is 57.7 Å². The van der Waals surface area contributed by atoms with Gasteiger partial charge in [-0.2, -0.15) is 0 Å². The van der Waals surface area contributed by atoms with E-state index < -0.39 is 0 Å². The Hall–Kier alpha value is -0.850. The lowest BCUT2D eigenvalue weighted by Crippen LogP contribution is -2.58. The molecular formula is C21H41N5O. The lowest BCUT2D eigenvalue weighted by Gasteiger charge is -2.45.